The van der Waals surface area contributed by atoms with E-state index in [9.17, 15) is 10.1 Å². The van der Waals surface area contributed by atoms with Crippen LogP contribution in [0.25, 0.3) is 0 Å². The van der Waals surface area contributed by atoms with Gasteiger partial charge in [-0.05, 0) is 17.5 Å². The average Bonchev–Trinajstić information content (AvgIpc) is 2.84. The second-order valence-corrected chi connectivity index (χ2v) is 4.15. The molecule has 0 fully saturated rings. The van der Waals surface area contributed by atoms with E-state index in [0.717, 1.165) is 0 Å². The zero-order valence-electron chi connectivity index (χ0n) is 8.61. The lowest BCUT2D eigenvalue weighted by molar-refractivity contribution is -0.385. The summed E-state index contributed by atoms with van der Waals surface area (Å²) in [6, 6.07) is 9.73. The van der Waals surface area contributed by atoms with Crippen LogP contribution in [0.2, 0.25) is 0 Å². The highest BCUT2D eigenvalue weighted by Crippen LogP contribution is 2.23. The van der Waals surface area contributed by atoms with E-state index >= 15 is 0 Å². The predicted molar refractivity (Wildman–Crippen MR) is 64.8 cm³/mol. The number of nitrogens with zero attached hydrogens (tertiary/aromatic N) is 2. The third-order valence-electron chi connectivity index (χ3n) is 2.21. The van der Waals surface area contributed by atoms with E-state index in [1.807, 2.05) is 5.38 Å². The van der Waals surface area contributed by atoms with E-state index in [1.165, 1.54) is 17.4 Å². The zero-order chi connectivity index (χ0) is 12.3. The molecule has 1 aromatic heterocycles. The van der Waals surface area contributed by atoms with Crippen molar-refractivity contribution in [2.45, 2.75) is 0 Å². The first kappa shape index (κ1) is 11.3. The van der Waals surface area contributed by atoms with Crippen molar-refractivity contribution in [3.05, 3.63) is 62.3 Å². The van der Waals surface area contributed by atoms with Crippen LogP contribution in [0.3, 0.4) is 0 Å². The number of hydrogen-bond donors (Lipinski definition) is 1. The maximum Gasteiger partial charge on any atom is 0.278 e. The lowest BCUT2D eigenvalue weighted by atomic mass is 10.1. The van der Waals surface area contributed by atoms with Crippen molar-refractivity contribution in [2.24, 2.45) is 5.16 Å². The minimum atomic E-state index is -0.492. The molecule has 0 saturated carbocycles. The fraction of sp³-hybridized carbons (Fsp3) is 0. The number of oxime groups is 1. The molecule has 1 aromatic carbocycles. The van der Waals surface area contributed by atoms with E-state index in [1.54, 1.807) is 30.3 Å². The van der Waals surface area contributed by atoms with Gasteiger partial charge in [-0.25, -0.2) is 0 Å². The Labute approximate surface area is 101 Å². The van der Waals surface area contributed by atoms with Crippen LogP contribution in [0, 0.1) is 10.1 Å². The molecule has 0 aliphatic heterocycles. The smallest absolute Gasteiger partial charge is 0.278 e. The Balaban J connectivity index is 2.57. The van der Waals surface area contributed by atoms with Crippen molar-refractivity contribution < 1.29 is 10.1 Å². The van der Waals surface area contributed by atoms with Crippen LogP contribution in [0.5, 0.6) is 0 Å². The molecule has 86 valence electrons. The van der Waals surface area contributed by atoms with Crippen LogP contribution < -0.4 is 0 Å². The summed E-state index contributed by atoms with van der Waals surface area (Å²) in [6.45, 7) is 0. The molecule has 2 rings (SSSR count). The summed E-state index contributed by atoms with van der Waals surface area (Å²) in [5.74, 6) is 0. The van der Waals surface area contributed by atoms with Crippen LogP contribution in [0.15, 0.2) is 46.9 Å². The van der Waals surface area contributed by atoms with Gasteiger partial charge in [0.1, 0.15) is 5.71 Å². The fourth-order valence-electron chi connectivity index (χ4n) is 1.48. The molecule has 0 saturated heterocycles. The summed E-state index contributed by atoms with van der Waals surface area (Å²) in [4.78, 5) is 11.1. The van der Waals surface area contributed by atoms with Crippen molar-refractivity contribution in [2.75, 3.05) is 0 Å². The summed E-state index contributed by atoms with van der Waals surface area (Å²) < 4.78 is 0. The van der Waals surface area contributed by atoms with Gasteiger partial charge in [-0.1, -0.05) is 23.4 Å². The van der Waals surface area contributed by atoms with Gasteiger partial charge in [0.05, 0.1) is 15.4 Å². The molecule has 0 radical (unpaired) electrons. The molecular formula is C11H8N2O3S. The number of hydrogen-bond acceptors (Lipinski definition) is 5. The molecule has 0 amide bonds. The van der Waals surface area contributed by atoms with Crippen molar-refractivity contribution in [3.63, 3.8) is 0 Å². The molecular weight excluding hydrogens is 240 g/mol. The molecule has 0 spiro atoms. The molecule has 1 N–H and O–H groups in total. The zero-order valence-corrected chi connectivity index (χ0v) is 9.42. The van der Waals surface area contributed by atoms with Gasteiger partial charge in [0.2, 0.25) is 0 Å². The number of para-hydroxylation sites is 1. The average molecular weight is 248 g/mol. The van der Waals surface area contributed by atoms with Crippen LogP contribution in [0.1, 0.15) is 10.4 Å². The van der Waals surface area contributed by atoms with E-state index < -0.39 is 4.92 Å². The molecule has 2 aromatic rings. The molecule has 0 aliphatic carbocycles. The Kier molecular flexibility index (Phi) is 3.15. The molecule has 0 atom stereocenters. The third-order valence-corrected chi connectivity index (χ3v) is 3.09. The Hall–Kier alpha value is -2.21. The highest BCUT2D eigenvalue weighted by Gasteiger charge is 2.19. The summed E-state index contributed by atoms with van der Waals surface area (Å²) in [5.41, 5.74) is 0.448. The molecule has 1 heterocycles. The minimum Gasteiger partial charge on any atom is -0.410 e. The molecule has 0 bridgehead atoms. The first-order valence-corrected chi connectivity index (χ1v) is 5.61. The van der Waals surface area contributed by atoms with Gasteiger partial charge in [0.25, 0.3) is 5.69 Å². The van der Waals surface area contributed by atoms with E-state index in [2.05, 4.69) is 5.16 Å². The molecule has 17 heavy (non-hydrogen) atoms. The second kappa shape index (κ2) is 4.75. The van der Waals surface area contributed by atoms with Crippen molar-refractivity contribution in [3.8, 4) is 0 Å². The van der Waals surface area contributed by atoms with E-state index in [-0.39, 0.29) is 11.4 Å². The second-order valence-electron chi connectivity index (χ2n) is 3.20. The normalized spacial score (nSPS) is 11.4. The lowest BCUT2D eigenvalue weighted by Crippen LogP contribution is -2.05. The quantitative estimate of drug-likeness (QED) is 0.392. The van der Waals surface area contributed by atoms with Crippen molar-refractivity contribution in [1.29, 1.82) is 0 Å². The van der Waals surface area contributed by atoms with Crippen LogP contribution in [0.4, 0.5) is 5.69 Å². The highest BCUT2D eigenvalue weighted by molar-refractivity contribution is 7.12. The topological polar surface area (TPSA) is 75.7 Å². The Bertz CT molecular complexity index is 564. The monoisotopic (exact) mass is 248 g/mol. The first-order valence-electron chi connectivity index (χ1n) is 4.73. The fourth-order valence-corrected chi connectivity index (χ4v) is 2.21. The molecule has 5 nitrogen and oxygen atoms in total. The summed E-state index contributed by atoms with van der Waals surface area (Å²) in [5, 5.41) is 24.9. The molecule has 0 aliphatic rings. The van der Waals surface area contributed by atoms with E-state index in [4.69, 9.17) is 5.21 Å². The number of thiophene rings is 1. The van der Waals surface area contributed by atoms with Crippen LogP contribution in [-0.4, -0.2) is 15.8 Å². The van der Waals surface area contributed by atoms with Gasteiger partial charge in [0, 0.05) is 6.07 Å². The number of nitro groups is 1. The minimum absolute atomic E-state index is 0.0753. The highest BCUT2D eigenvalue weighted by atomic mass is 32.1. The summed E-state index contributed by atoms with van der Waals surface area (Å²) in [6.07, 6.45) is 0. The van der Waals surface area contributed by atoms with Crippen LogP contribution >= 0.6 is 11.3 Å². The standard InChI is InChI=1S/C11H8N2O3S/c14-12-11(10-6-3-7-17-10)8-4-1-2-5-9(8)13(15)16/h1-7,14H/b12-11+. The van der Waals surface area contributed by atoms with Gasteiger partial charge < -0.3 is 5.21 Å². The number of benzene rings is 1. The Morgan fingerprint density at radius 3 is 2.65 bits per heavy atom. The summed E-state index contributed by atoms with van der Waals surface area (Å²) in [7, 11) is 0. The Morgan fingerprint density at radius 1 is 1.29 bits per heavy atom. The lowest BCUT2D eigenvalue weighted by Gasteiger charge is -2.02. The van der Waals surface area contributed by atoms with Gasteiger partial charge >= 0.3 is 0 Å². The van der Waals surface area contributed by atoms with Crippen molar-refractivity contribution in [1.82, 2.24) is 0 Å². The van der Waals surface area contributed by atoms with Crippen LogP contribution in [-0.2, 0) is 0 Å². The number of rotatable bonds is 3. The van der Waals surface area contributed by atoms with Gasteiger partial charge in [-0.15, -0.1) is 11.3 Å². The maximum absolute atomic E-state index is 10.9. The van der Waals surface area contributed by atoms with Gasteiger partial charge in [0.15, 0.2) is 0 Å². The summed E-state index contributed by atoms with van der Waals surface area (Å²) >= 11 is 1.36. The third kappa shape index (κ3) is 2.16. The predicted octanol–water partition coefficient (Wildman–Crippen LogP) is 2.88. The first-order chi connectivity index (χ1) is 8.24. The maximum atomic E-state index is 10.9. The van der Waals surface area contributed by atoms with Crippen molar-refractivity contribution >= 4 is 22.7 Å². The number of nitro benzene ring substituents is 1. The van der Waals surface area contributed by atoms with Gasteiger partial charge in [-0.3, -0.25) is 10.1 Å². The Morgan fingerprint density at radius 2 is 2.06 bits per heavy atom. The van der Waals surface area contributed by atoms with E-state index in [0.29, 0.717) is 10.4 Å². The molecule has 0 unspecified atom stereocenters. The largest absolute Gasteiger partial charge is 0.410 e. The SMILES string of the molecule is O=[N+]([O-])c1ccccc1/C(=N\O)c1cccs1. The van der Waals surface area contributed by atoms with Gasteiger partial charge in [-0.2, -0.15) is 0 Å². The molecule has 6 heteroatoms.